The van der Waals surface area contributed by atoms with Crippen molar-refractivity contribution in [3.05, 3.63) is 0 Å². The summed E-state index contributed by atoms with van der Waals surface area (Å²) in [5.74, 6) is -0.667. The number of hydrogen-bond donors (Lipinski definition) is 0. The standard InChI is InChI=1S/C8H11NO4/c1-3-5(11)7-6(8(12)13-7)9(2)4-10/h4,6-7H,3H2,1-2H3. The maximum absolute atomic E-state index is 11.2. The van der Waals surface area contributed by atoms with Crippen LogP contribution in [0.4, 0.5) is 0 Å². The summed E-state index contributed by atoms with van der Waals surface area (Å²) in [7, 11) is 1.45. The van der Waals surface area contributed by atoms with E-state index < -0.39 is 18.1 Å². The van der Waals surface area contributed by atoms with Crippen LogP contribution in [0, 0.1) is 0 Å². The van der Waals surface area contributed by atoms with E-state index in [0.29, 0.717) is 12.8 Å². The summed E-state index contributed by atoms with van der Waals surface area (Å²) in [6.07, 6.45) is 0.0648. The molecule has 0 spiro atoms. The van der Waals surface area contributed by atoms with E-state index in [1.807, 2.05) is 0 Å². The van der Waals surface area contributed by atoms with E-state index in [9.17, 15) is 14.4 Å². The summed E-state index contributed by atoms with van der Waals surface area (Å²) in [6, 6.07) is -0.718. The fraction of sp³-hybridized carbons (Fsp3) is 0.625. The molecular formula is C8H11NO4. The van der Waals surface area contributed by atoms with Crippen LogP contribution >= 0.6 is 0 Å². The fourth-order valence-corrected chi connectivity index (χ4v) is 1.20. The van der Waals surface area contributed by atoms with Gasteiger partial charge in [0.2, 0.25) is 6.41 Å². The molecule has 0 saturated carbocycles. The number of carbonyl (C=O) groups is 3. The number of esters is 1. The van der Waals surface area contributed by atoms with Crippen LogP contribution in [0.15, 0.2) is 0 Å². The lowest BCUT2D eigenvalue weighted by molar-refractivity contribution is -0.189. The Bertz CT molecular complexity index is 251. The lowest BCUT2D eigenvalue weighted by atomic mass is 9.99. The number of amides is 1. The Morgan fingerprint density at radius 2 is 2.31 bits per heavy atom. The van der Waals surface area contributed by atoms with Gasteiger partial charge in [0.25, 0.3) is 0 Å². The summed E-state index contributed by atoms with van der Waals surface area (Å²) >= 11 is 0. The molecule has 1 amide bonds. The molecule has 5 nitrogen and oxygen atoms in total. The van der Waals surface area contributed by atoms with Crippen LogP contribution in [0.5, 0.6) is 0 Å². The number of Topliss-reactive ketones (excluding diaryl/α,β-unsaturated/α-hetero) is 1. The van der Waals surface area contributed by atoms with Crippen molar-refractivity contribution < 1.29 is 19.1 Å². The predicted octanol–water partition coefficient (Wildman–Crippen LogP) is -0.652. The largest absolute Gasteiger partial charge is 0.450 e. The quantitative estimate of drug-likeness (QED) is 0.431. The minimum atomic E-state index is -0.757. The van der Waals surface area contributed by atoms with Crippen LogP contribution in [0.3, 0.4) is 0 Å². The molecule has 0 aliphatic carbocycles. The average Bonchev–Trinajstić information content (AvgIpc) is 2.12. The number of carbonyl (C=O) groups excluding carboxylic acids is 3. The Balaban J connectivity index is 2.66. The monoisotopic (exact) mass is 185 g/mol. The number of nitrogens with zero attached hydrogens (tertiary/aromatic N) is 1. The van der Waals surface area contributed by atoms with Gasteiger partial charge in [-0.05, 0) is 0 Å². The highest BCUT2D eigenvalue weighted by atomic mass is 16.6. The lowest BCUT2D eigenvalue weighted by Gasteiger charge is -2.37. The number of likely N-dealkylation sites (N-methyl/N-ethyl adjacent to an activating group) is 1. The zero-order valence-corrected chi connectivity index (χ0v) is 7.52. The van der Waals surface area contributed by atoms with E-state index in [2.05, 4.69) is 4.74 Å². The van der Waals surface area contributed by atoms with Gasteiger partial charge in [-0.3, -0.25) is 9.59 Å². The Kier molecular flexibility index (Phi) is 2.65. The molecule has 1 rings (SSSR count). The number of rotatable bonds is 4. The SMILES string of the molecule is CCC(=O)C1OC(=O)C1N(C)C=O. The molecular weight excluding hydrogens is 174 g/mol. The molecule has 1 fully saturated rings. The summed E-state index contributed by atoms with van der Waals surface area (Å²) in [4.78, 5) is 33.5. The third kappa shape index (κ3) is 1.54. The van der Waals surface area contributed by atoms with E-state index in [1.165, 1.54) is 7.05 Å². The highest BCUT2D eigenvalue weighted by molar-refractivity contribution is 5.98. The Morgan fingerprint density at radius 3 is 2.69 bits per heavy atom. The first kappa shape index (κ1) is 9.70. The van der Waals surface area contributed by atoms with Gasteiger partial charge in [-0.15, -0.1) is 0 Å². The molecule has 2 atom stereocenters. The first-order valence-electron chi connectivity index (χ1n) is 4.02. The third-order valence-corrected chi connectivity index (χ3v) is 2.04. The Hall–Kier alpha value is -1.39. The van der Waals surface area contributed by atoms with E-state index >= 15 is 0 Å². The molecule has 72 valence electrons. The van der Waals surface area contributed by atoms with Gasteiger partial charge in [-0.25, -0.2) is 4.79 Å². The molecule has 0 aromatic heterocycles. The summed E-state index contributed by atoms with van der Waals surface area (Å²) in [5.41, 5.74) is 0. The highest BCUT2D eigenvalue weighted by Crippen LogP contribution is 2.20. The van der Waals surface area contributed by atoms with Gasteiger partial charge in [0.15, 0.2) is 17.9 Å². The van der Waals surface area contributed by atoms with Crippen LogP contribution in [0.25, 0.3) is 0 Å². The first-order chi connectivity index (χ1) is 6.11. The molecule has 0 bridgehead atoms. The fourth-order valence-electron chi connectivity index (χ4n) is 1.20. The van der Waals surface area contributed by atoms with Crippen molar-refractivity contribution in [2.24, 2.45) is 0 Å². The van der Waals surface area contributed by atoms with Gasteiger partial charge in [-0.1, -0.05) is 6.92 Å². The van der Waals surface area contributed by atoms with Gasteiger partial charge in [0.1, 0.15) is 0 Å². The number of ether oxygens (including phenoxy) is 1. The average molecular weight is 185 g/mol. The predicted molar refractivity (Wildman–Crippen MR) is 42.8 cm³/mol. The van der Waals surface area contributed by atoms with Crippen molar-refractivity contribution in [1.29, 1.82) is 0 Å². The highest BCUT2D eigenvalue weighted by Gasteiger charge is 2.48. The van der Waals surface area contributed by atoms with Gasteiger partial charge >= 0.3 is 5.97 Å². The summed E-state index contributed by atoms with van der Waals surface area (Å²) < 4.78 is 4.64. The molecule has 5 heteroatoms. The summed E-state index contributed by atoms with van der Waals surface area (Å²) in [6.45, 7) is 1.69. The van der Waals surface area contributed by atoms with Gasteiger partial charge in [0.05, 0.1) is 0 Å². The molecule has 1 heterocycles. The van der Waals surface area contributed by atoms with Crippen LogP contribution in [0.1, 0.15) is 13.3 Å². The second kappa shape index (κ2) is 3.55. The third-order valence-electron chi connectivity index (χ3n) is 2.04. The molecule has 1 aliphatic rings. The van der Waals surface area contributed by atoms with Crippen molar-refractivity contribution in [2.75, 3.05) is 7.05 Å². The smallest absolute Gasteiger partial charge is 0.334 e. The molecule has 1 aliphatic heterocycles. The maximum Gasteiger partial charge on any atom is 0.334 e. The molecule has 1 saturated heterocycles. The lowest BCUT2D eigenvalue weighted by Crippen LogP contribution is -2.61. The van der Waals surface area contributed by atoms with Crippen molar-refractivity contribution in [3.8, 4) is 0 Å². The van der Waals surface area contributed by atoms with Crippen molar-refractivity contribution >= 4 is 18.2 Å². The number of hydrogen-bond acceptors (Lipinski definition) is 4. The van der Waals surface area contributed by atoms with E-state index in [1.54, 1.807) is 6.92 Å². The summed E-state index contributed by atoms with van der Waals surface area (Å²) in [5, 5.41) is 0. The molecule has 13 heavy (non-hydrogen) atoms. The van der Waals surface area contributed by atoms with Crippen LogP contribution < -0.4 is 0 Å². The second-order valence-electron chi connectivity index (χ2n) is 2.89. The van der Waals surface area contributed by atoms with Crippen molar-refractivity contribution in [3.63, 3.8) is 0 Å². The molecule has 0 aromatic rings. The van der Waals surface area contributed by atoms with Gasteiger partial charge in [0, 0.05) is 13.5 Å². The minimum absolute atomic E-state index is 0.154. The Labute approximate surface area is 75.6 Å². The van der Waals surface area contributed by atoms with Crippen LogP contribution in [0.2, 0.25) is 0 Å². The van der Waals surface area contributed by atoms with Crippen molar-refractivity contribution in [2.45, 2.75) is 25.5 Å². The number of cyclic esters (lactones) is 1. The maximum atomic E-state index is 11.2. The molecule has 0 radical (unpaired) electrons. The van der Waals surface area contributed by atoms with Gasteiger partial charge < -0.3 is 9.64 Å². The Morgan fingerprint density at radius 1 is 1.69 bits per heavy atom. The normalized spacial score (nSPS) is 25.8. The molecule has 0 N–H and O–H groups in total. The van der Waals surface area contributed by atoms with Crippen LogP contribution in [-0.2, 0) is 19.1 Å². The van der Waals surface area contributed by atoms with Gasteiger partial charge in [-0.2, -0.15) is 0 Å². The van der Waals surface area contributed by atoms with Crippen LogP contribution in [-0.4, -0.2) is 42.3 Å². The van der Waals surface area contributed by atoms with E-state index in [0.717, 1.165) is 4.90 Å². The van der Waals surface area contributed by atoms with E-state index in [-0.39, 0.29) is 5.78 Å². The molecule has 2 unspecified atom stereocenters. The number of ketones is 1. The first-order valence-corrected chi connectivity index (χ1v) is 4.02. The zero-order valence-electron chi connectivity index (χ0n) is 7.52. The second-order valence-corrected chi connectivity index (χ2v) is 2.89. The van der Waals surface area contributed by atoms with Crippen molar-refractivity contribution in [1.82, 2.24) is 4.90 Å². The zero-order chi connectivity index (χ0) is 10.0. The molecule has 0 aromatic carbocycles. The van der Waals surface area contributed by atoms with E-state index in [4.69, 9.17) is 0 Å². The minimum Gasteiger partial charge on any atom is -0.450 e. The topological polar surface area (TPSA) is 63.7 Å².